The Morgan fingerprint density at radius 2 is 1.81 bits per heavy atom. The molecule has 0 amide bonds. The Labute approximate surface area is 129 Å². The maximum Gasteiger partial charge on any atom is 0.261 e. The van der Waals surface area contributed by atoms with E-state index in [1.807, 2.05) is 13.8 Å². The molecule has 0 saturated carbocycles. The molecule has 5 nitrogen and oxygen atoms in total. The molecule has 0 fully saturated rings. The number of nitrogens with one attached hydrogen (secondary N) is 1. The van der Waals surface area contributed by atoms with Crippen LogP contribution in [-0.2, 0) is 19.1 Å². The van der Waals surface area contributed by atoms with Gasteiger partial charge in [-0.05, 0) is 31.0 Å². The van der Waals surface area contributed by atoms with Crippen molar-refractivity contribution in [2.75, 3.05) is 0 Å². The van der Waals surface area contributed by atoms with Crippen molar-refractivity contribution in [3.63, 3.8) is 0 Å². The van der Waals surface area contributed by atoms with Crippen LogP contribution >= 0.6 is 10.7 Å². The van der Waals surface area contributed by atoms with Crippen molar-refractivity contribution < 1.29 is 21.2 Å². The first kappa shape index (κ1) is 18.3. The van der Waals surface area contributed by atoms with Crippen molar-refractivity contribution in [2.24, 2.45) is 5.92 Å². The van der Waals surface area contributed by atoms with Gasteiger partial charge in [-0.2, -0.15) is 0 Å². The topological polar surface area (TPSA) is 80.3 Å². The van der Waals surface area contributed by atoms with E-state index in [4.69, 9.17) is 10.7 Å². The van der Waals surface area contributed by atoms with Crippen molar-refractivity contribution >= 4 is 29.8 Å². The maximum absolute atomic E-state index is 13.9. The van der Waals surface area contributed by atoms with Crippen LogP contribution in [-0.4, -0.2) is 22.9 Å². The van der Waals surface area contributed by atoms with E-state index in [0.717, 1.165) is 18.6 Å². The van der Waals surface area contributed by atoms with Crippen molar-refractivity contribution in [1.82, 2.24) is 4.72 Å². The first-order chi connectivity index (χ1) is 9.49. The zero-order valence-corrected chi connectivity index (χ0v) is 14.2. The molecule has 0 saturated heterocycles. The predicted molar refractivity (Wildman–Crippen MR) is 78.7 cm³/mol. The largest absolute Gasteiger partial charge is 0.261 e. The number of hydrogen-bond donors (Lipinski definition) is 1. The van der Waals surface area contributed by atoms with Gasteiger partial charge >= 0.3 is 0 Å². The fourth-order valence-corrected chi connectivity index (χ4v) is 3.80. The second kappa shape index (κ2) is 6.60. The highest BCUT2D eigenvalue weighted by molar-refractivity contribution is 8.13. The van der Waals surface area contributed by atoms with Gasteiger partial charge in [0.25, 0.3) is 9.05 Å². The van der Waals surface area contributed by atoms with Crippen LogP contribution in [0.2, 0.25) is 0 Å². The lowest BCUT2D eigenvalue weighted by Crippen LogP contribution is -2.37. The lowest BCUT2D eigenvalue weighted by molar-refractivity contribution is 0.432. The van der Waals surface area contributed by atoms with Crippen LogP contribution in [0.15, 0.2) is 28.0 Å². The third-order valence-electron chi connectivity index (χ3n) is 3.31. The third kappa shape index (κ3) is 4.64. The van der Waals surface area contributed by atoms with Gasteiger partial charge in [-0.15, -0.1) is 0 Å². The molecule has 0 aliphatic rings. The van der Waals surface area contributed by atoms with Crippen LogP contribution in [0.3, 0.4) is 0 Å². The summed E-state index contributed by atoms with van der Waals surface area (Å²) in [6.07, 6.45) is 0.760. The molecule has 0 heterocycles. The standard InChI is InChI=1S/C12H17ClFNO4S2/c1-4-8(2)9(3)15-21(18,19)12-6-5-10(7-11(12)14)20(13,16)17/h5-9,15H,4H2,1-3H3. The summed E-state index contributed by atoms with van der Waals surface area (Å²) < 4.78 is 62.6. The highest BCUT2D eigenvalue weighted by Gasteiger charge is 2.25. The molecule has 1 aromatic rings. The molecule has 0 radical (unpaired) electrons. The SMILES string of the molecule is CCC(C)C(C)NS(=O)(=O)c1ccc(S(=O)(=O)Cl)cc1F. The zero-order valence-electron chi connectivity index (χ0n) is 11.8. The summed E-state index contributed by atoms with van der Waals surface area (Å²) in [5.41, 5.74) is 0. The maximum atomic E-state index is 13.9. The quantitative estimate of drug-likeness (QED) is 0.793. The second-order valence-corrected chi connectivity index (χ2v) is 9.07. The number of benzene rings is 1. The summed E-state index contributed by atoms with van der Waals surface area (Å²) in [5.74, 6) is -1.09. The van der Waals surface area contributed by atoms with Crippen LogP contribution in [0.1, 0.15) is 27.2 Å². The van der Waals surface area contributed by atoms with Crippen LogP contribution in [0, 0.1) is 11.7 Å². The normalized spacial score (nSPS) is 15.7. The first-order valence-corrected chi connectivity index (χ1v) is 10.0. The summed E-state index contributed by atoms with van der Waals surface area (Å²) in [7, 11) is -3.10. The smallest absolute Gasteiger partial charge is 0.208 e. The van der Waals surface area contributed by atoms with Gasteiger partial charge in [0.1, 0.15) is 10.7 Å². The third-order valence-corrected chi connectivity index (χ3v) is 6.26. The monoisotopic (exact) mass is 357 g/mol. The lowest BCUT2D eigenvalue weighted by atomic mass is 10.0. The van der Waals surface area contributed by atoms with E-state index in [0.29, 0.717) is 6.07 Å². The first-order valence-electron chi connectivity index (χ1n) is 6.25. The fourth-order valence-electron chi connectivity index (χ4n) is 1.63. The fraction of sp³-hybridized carbons (Fsp3) is 0.500. The molecular weight excluding hydrogens is 341 g/mol. The Morgan fingerprint density at radius 1 is 1.24 bits per heavy atom. The van der Waals surface area contributed by atoms with E-state index in [1.165, 1.54) is 0 Å². The molecule has 120 valence electrons. The Hall–Kier alpha value is -0.700. The summed E-state index contributed by atoms with van der Waals surface area (Å²) in [6, 6.07) is 2.05. The molecule has 2 unspecified atom stereocenters. The van der Waals surface area contributed by atoms with E-state index in [1.54, 1.807) is 6.92 Å². The molecular formula is C12H17ClFNO4S2. The van der Waals surface area contributed by atoms with Gasteiger partial charge in [-0.25, -0.2) is 25.9 Å². The Morgan fingerprint density at radius 3 is 2.24 bits per heavy atom. The number of sulfonamides is 1. The minimum absolute atomic E-state index is 0.0744. The van der Waals surface area contributed by atoms with E-state index < -0.39 is 34.7 Å². The molecule has 1 aromatic carbocycles. The molecule has 2 atom stereocenters. The highest BCUT2D eigenvalue weighted by Crippen LogP contribution is 2.22. The molecule has 0 bridgehead atoms. The van der Waals surface area contributed by atoms with E-state index in [-0.39, 0.29) is 12.0 Å². The minimum Gasteiger partial charge on any atom is -0.208 e. The predicted octanol–water partition coefficient (Wildman–Crippen LogP) is 2.47. The molecule has 0 aromatic heterocycles. The summed E-state index contributed by atoms with van der Waals surface area (Å²) in [4.78, 5) is -1.10. The van der Waals surface area contributed by atoms with Gasteiger partial charge in [0, 0.05) is 16.7 Å². The zero-order chi connectivity index (χ0) is 16.4. The molecule has 1 rings (SSSR count). The van der Waals surface area contributed by atoms with Gasteiger partial charge in [0.05, 0.1) is 4.90 Å². The molecule has 9 heteroatoms. The lowest BCUT2D eigenvalue weighted by Gasteiger charge is -2.20. The Balaban J connectivity index is 3.16. The molecule has 0 aliphatic carbocycles. The van der Waals surface area contributed by atoms with E-state index in [9.17, 15) is 21.2 Å². The van der Waals surface area contributed by atoms with Crippen LogP contribution in [0.25, 0.3) is 0 Å². The van der Waals surface area contributed by atoms with Gasteiger partial charge in [0.2, 0.25) is 10.0 Å². The van der Waals surface area contributed by atoms with Crippen molar-refractivity contribution in [3.8, 4) is 0 Å². The van der Waals surface area contributed by atoms with Crippen molar-refractivity contribution in [2.45, 2.75) is 43.0 Å². The van der Waals surface area contributed by atoms with Crippen molar-refractivity contribution in [1.29, 1.82) is 0 Å². The summed E-state index contributed by atoms with van der Waals surface area (Å²) in [6.45, 7) is 5.46. The van der Waals surface area contributed by atoms with Crippen LogP contribution < -0.4 is 4.72 Å². The molecule has 21 heavy (non-hydrogen) atoms. The highest BCUT2D eigenvalue weighted by atomic mass is 35.7. The van der Waals surface area contributed by atoms with Gasteiger partial charge in [-0.3, -0.25) is 0 Å². The molecule has 0 aliphatic heterocycles. The minimum atomic E-state index is -4.11. The van der Waals surface area contributed by atoms with Gasteiger partial charge in [-0.1, -0.05) is 20.3 Å². The number of hydrogen-bond acceptors (Lipinski definition) is 4. The second-order valence-electron chi connectivity index (χ2n) is 4.83. The number of rotatable bonds is 6. The number of halogens is 2. The van der Waals surface area contributed by atoms with Gasteiger partial charge < -0.3 is 0 Å². The Bertz CT molecular complexity index is 719. The van der Waals surface area contributed by atoms with E-state index in [2.05, 4.69) is 4.72 Å². The Kier molecular flexibility index (Phi) is 5.76. The van der Waals surface area contributed by atoms with Crippen LogP contribution in [0.4, 0.5) is 4.39 Å². The van der Waals surface area contributed by atoms with E-state index >= 15 is 0 Å². The summed E-state index contributed by atoms with van der Waals surface area (Å²) >= 11 is 0. The average molecular weight is 358 g/mol. The average Bonchev–Trinajstić information content (AvgIpc) is 2.35. The molecule has 1 N–H and O–H groups in total. The van der Waals surface area contributed by atoms with Crippen molar-refractivity contribution in [3.05, 3.63) is 24.0 Å². The van der Waals surface area contributed by atoms with Crippen LogP contribution in [0.5, 0.6) is 0 Å². The molecule has 0 spiro atoms. The van der Waals surface area contributed by atoms with Gasteiger partial charge in [0.15, 0.2) is 0 Å². The summed E-state index contributed by atoms with van der Waals surface area (Å²) in [5, 5.41) is 0.